The van der Waals surface area contributed by atoms with Crippen LogP contribution in [0.1, 0.15) is 5.56 Å². The van der Waals surface area contributed by atoms with Gasteiger partial charge in [-0.2, -0.15) is 0 Å². The maximum atomic E-state index is 12.3. The molecular weight excluding hydrogens is 345 g/mol. The molecule has 122 valence electrons. The lowest BCUT2D eigenvalue weighted by Crippen LogP contribution is -2.20. The predicted octanol–water partition coefficient (Wildman–Crippen LogP) is 4.88. The predicted molar refractivity (Wildman–Crippen MR) is 98.3 cm³/mol. The quantitative estimate of drug-likeness (QED) is 0.664. The third-order valence-electron chi connectivity index (χ3n) is 3.73. The van der Waals surface area contributed by atoms with Crippen LogP contribution < -0.4 is 10.3 Å². The number of nitrogens with zero attached hydrogens (tertiary/aromatic N) is 1. The van der Waals surface area contributed by atoms with E-state index in [-0.39, 0.29) is 10.6 Å². The van der Waals surface area contributed by atoms with E-state index in [0.29, 0.717) is 11.6 Å². The van der Waals surface area contributed by atoms with Gasteiger partial charge in [-0.05, 0) is 47.0 Å². The van der Waals surface area contributed by atoms with Gasteiger partial charge in [-0.25, -0.2) is 0 Å². The molecule has 3 rings (SSSR count). The summed E-state index contributed by atoms with van der Waals surface area (Å²) >= 11 is 12.0. The van der Waals surface area contributed by atoms with E-state index in [1.54, 1.807) is 29.9 Å². The van der Waals surface area contributed by atoms with Crippen LogP contribution >= 0.6 is 23.2 Å². The van der Waals surface area contributed by atoms with E-state index in [0.717, 1.165) is 22.4 Å². The van der Waals surface area contributed by atoms with Crippen molar-refractivity contribution < 1.29 is 4.74 Å². The second-order valence-electron chi connectivity index (χ2n) is 5.36. The van der Waals surface area contributed by atoms with Gasteiger partial charge in [0.05, 0.1) is 13.7 Å². The summed E-state index contributed by atoms with van der Waals surface area (Å²) in [6.45, 7) is 0.430. The molecule has 0 saturated carbocycles. The number of methoxy groups -OCH3 is 1. The molecule has 0 N–H and O–H groups in total. The lowest BCUT2D eigenvalue weighted by Gasteiger charge is -2.11. The summed E-state index contributed by atoms with van der Waals surface area (Å²) in [5.41, 5.74) is 2.59. The fraction of sp³-hybridized carbons (Fsp3) is 0.105. The number of pyridine rings is 1. The van der Waals surface area contributed by atoms with Gasteiger partial charge in [0.15, 0.2) is 0 Å². The molecule has 0 atom stereocenters. The number of halogens is 2. The Balaban J connectivity index is 1.98. The topological polar surface area (TPSA) is 31.2 Å². The van der Waals surface area contributed by atoms with Crippen LogP contribution in [0.15, 0.2) is 65.6 Å². The smallest absolute Gasteiger partial charge is 0.269 e. The molecular formula is C19H15Cl2NO2. The molecule has 0 bridgehead atoms. The Hall–Kier alpha value is -2.23. The van der Waals surface area contributed by atoms with E-state index < -0.39 is 0 Å². The summed E-state index contributed by atoms with van der Waals surface area (Å²) in [5.74, 6) is 0.777. The average molecular weight is 360 g/mol. The van der Waals surface area contributed by atoms with Gasteiger partial charge in [-0.15, -0.1) is 0 Å². The third kappa shape index (κ3) is 3.64. The Morgan fingerprint density at radius 2 is 1.62 bits per heavy atom. The summed E-state index contributed by atoms with van der Waals surface area (Å²) in [7, 11) is 1.62. The minimum atomic E-state index is -0.219. The monoisotopic (exact) mass is 359 g/mol. The van der Waals surface area contributed by atoms with Crippen LogP contribution in [-0.4, -0.2) is 11.7 Å². The maximum Gasteiger partial charge on any atom is 0.269 e. The van der Waals surface area contributed by atoms with Crippen molar-refractivity contribution in [2.45, 2.75) is 6.54 Å². The first-order valence-corrected chi connectivity index (χ1v) is 8.11. The lowest BCUT2D eigenvalue weighted by atomic mass is 10.1. The van der Waals surface area contributed by atoms with E-state index in [1.807, 2.05) is 42.6 Å². The van der Waals surface area contributed by atoms with Crippen molar-refractivity contribution in [1.29, 1.82) is 0 Å². The van der Waals surface area contributed by atoms with Crippen molar-refractivity contribution in [3.63, 3.8) is 0 Å². The number of rotatable bonds is 4. The number of hydrogen-bond donors (Lipinski definition) is 0. The second-order valence-corrected chi connectivity index (χ2v) is 6.21. The van der Waals surface area contributed by atoms with Gasteiger partial charge in [-0.3, -0.25) is 4.79 Å². The van der Waals surface area contributed by atoms with E-state index in [4.69, 9.17) is 27.9 Å². The minimum Gasteiger partial charge on any atom is -0.497 e. The van der Waals surface area contributed by atoms with Gasteiger partial charge in [0, 0.05) is 11.2 Å². The second kappa shape index (κ2) is 7.12. The van der Waals surface area contributed by atoms with Gasteiger partial charge in [0.1, 0.15) is 10.8 Å². The average Bonchev–Trinajstić information content (AvgIpc) is 2.60. The zero-order valence-corrected chi connectivity index (χ0v) is 14.5. The Bertz CT molecular complexity index is 900. The molecule has 0 fully saturated rings. The van der Waals surface area contributed by atoms with Crippen molar-refractivity contribution in [1.82, 2.24) is 4.57 Å². The van der Waals surface area contributed by atoms with Crippen molar-refractivity contribution in [3.8, 4) is 16.9 Å². The summed E-state index contributed by atoms with van der Waals surface area (Å²) in [4.78, 5) is 12.3. The first-order valence-electron chi connectivity index (χ1n) is 7.35. The number of aromatic nitrogens is 1. The van der Waals surface area contributed by atoms with Gasteiger partial charge in [0.25, 0.3) is 5.56 Å². The molecule has 0 aliphatic rings. The van der Waals surface area contributed by atoms with E-state index in [9.17, 15) is 4.79 Å². The molecule has 0 unspecified atom stereocenters. The highest BCUT2D eigenvalue weighted by atomic mass is 35.5. The SMILES string of the molecule is COc1ccc(-c2cc(Cl)c(=O)n(Cc3ccc(Cl)cc3)c2)cc1. The molecule has 5 heteroatoms. The zero-order valence-electron chi connectivity index (χ0n) is 13.0. The van der Waals surface area contributed by atoms with Crippen LogP contribution in [0.25, 0.3) is 11.1 Å². The standard InChI is InChI=1S/C19H15Cl2NO2/c1-24-17-8-4-14(5-9-17)15-10-18(21)19(23)22(12-15)11-13-2-6-16(20)7-3-13/h2-10,12H,11H2,1H3. The summed E-state index contributed by atoms with van der Waals surface area (Å²) in [5, 5.41) is 0.855. The fourth-order valence-electron chi connectivity index (χ4n) is 2.44. The molecule has 0 aliphatic heterocycles. The van der Waals surface area contributed by atoms with Crippen molar-refractivity contribution >= 4 is 23.2 Å². The largest absolute Gasteiger partial charge is 0.497 e. The Kier molecular flexibility index (Phi) is 4.93. The molecule has 1 heterocycles. The van der Waals surface area contributed by atoms with Gasteiger partial charge < -0.3 is 9.30 Å². The number of ether oxygens (including phenoxy) is 1. The molecule has 3 aromatic rings. The molecule has 0 amide bonds. The summed E-state index contributed by atoms with van der Waals surface area (Å²) in [6, 6.07) is 16.7. The third-order valence-corrected chi connectivity index (χ3v) is 4.25. The lowest BCUT2D eigenvalue weighted by molar-refractivity contribution is 0.415. The highest BCUT2D eigenvalue weighted by Gasteiger charge is 2.08. The highest BCUT2D eigenvalue weighted by Crippen LogP contribution is 2.23. The van der Waals surface area contributed by atoms with E-state index in [2.05, 4.69) is 0 Å². The molecule has 0 spiro atoms. The van der Waals surface area contributed by atoms with Crippen LogP contribution in [0.4, 0.5) is 0 Å². The van der Waals surface area contributed by atoms with Gasteiger partial charge >= 0.3 is 0 Å². The molecule has 0 saturated heterocycles. The first kappa shape index (κ1) is 16.6. The first-order chi connectivity index (χ1) is 11.6. The van der Waals surface area contributed by atoms with Crippen LogP contribution in [0.5, 0.6) is 5.75 Å². The molecule has 0 aliphatic carbocycles. The normalized spacial score (nSPS) is 10.6. The summed E-state index contributed by atoms with van der Waals surface area (Å²) in [6.07, 6.45) is 1.81. The Labute approximate surface area is 150 Å². The van der Waals surface area contributed by atoms with E-state index in [1.165, 1.54) is 0 Å². The van der Waals surface area contributed by atoms with Crippen LogP contribution in [0.2, 0.25) is 10.0 Å². The molecule has 3 nitrogen and oxygen atoms in total. The number of benzene rings is 2. The molecule has 2 aromatic carbocycles. The Morgan fingerprint density at radius 1 is 0.958 bits per heavy atom. The van der Waals surface area contributed by atoms with Crippen LogP contribution in [-0.2, 0) is 6.54 Å². The molecule has 24 heavy (non-hydrogen) atoms. The van der Waals surface area contributed by atoms with E-state index >= 15 is 0 Å². The fourth-order valence-corrected chi connectivity index (χ4v) is 2.80. The maximum absolute atomic E-state index is 12.3. The van der Waals surface area contributed by atoms with Gasteiger partial charge in [0.2, 0.25) is 0 Å². The Morgan fingerprint density at radius 3 is 2.25 bits per heavy atom. The molecule has 1 aromatic heterocycles. The zero-order chi connectivity index (χ0) is 17.1. The molecule has 0 radical (unpaired) electrons. The van der Waals surface area contributed by atoms with Crippen LogP contribution in [0, 0.1) is 0 Å². The summed E-state index contributed by atoms with van der Waals surface area (Å²) < 4.78 is 6.77. The van der Waals surface area contributed by atoms with Crippen LogP contribution in [0.3, 0.4) is 0 Å². The number of hydrogen-bond acceptors (Lipinski definition) is 2. The van der Waals surface area contributed by atoms with Crippen molar-refractivity contribution in [2.75, 3.05) is 7.11 Å². The minimum absolute atomic E-state index is 0.192. The highest BCUT2D eigenvalue weighted by molar-refractivity contribution is 6.30. The van der Waals surface area contributed by atoms with Crippen molar-refractivity contribution in [3.05, 3.63) is 86.8 Å². The van der Waals surface area contributed by atoms with Crippen molar-refractivity contribution in [2.24, 2.45) is 0 Å². The van der Waals surface area contributed by atoms with Gasteiger partial charge in [-0.1, -0.05) is 47.5 Å².